The Morgan fingerprint density at radius 2 is 2.29 bits per heavy atom. The lowest BCUT2D eigenvalue weighted by Crippen LogP contribution is -1.86. The highest BCUT2D eigenvalue weighted by molar-refractivity contribution is 7.98. The summed E-state index contributed by atoms with van der Waals surface area (Å²) in [6.45, 7) is 2.00. The fourth-order valence-corrected chi connectivity index (χ4v) is 3.32. The highest BCUT2D eigenvalue weighted by Gasteiger charge is 2.10. The van der Waals surface area contributed by atoms with Crippen molar-refractivity contribution >= 4 is 33.2 Å². The molecule has 0 N–H and O–H groups in total. The summed E-state index contributed by atoms with van der Waals surface area (Å²) in [6.07, 6.45) is 2.02. The Bertz CT molecular complexity index is 520. The van der Waals surface area contributed by atoms with E-state index in [-0.39, 0.29) is 0 Å². The molecular formula is C11H9NS2. The van der Waals surface area contributed by atoms with Crippen molar-refractivity contribution in [3.8, 4) is 6.07 Å². The number of thioether (sulfide) groups is 1. The number of nitriles is 1. The van der Waals surface area contributed by atoms with E-state index >= 15 is 0 Å². The standard InChI is InChI=1S/C11H9NS2/c1-7-5-10-8(3-4-14-10)11(13-2)9(7)6-12/h3-5H,1-2H3. The van der Waals surface area contributed by atoms with Crippen LogP contribution in [0.5, 0.6) is 0 Å². The largest absolute Gasteiger partial charge is 0.192 e. The van der Waals surface area contributed by atoms with Crippen molar-refractivity contribution in [1.29, 1.82) is 5.26 Å². The Kier molecular flexibility index (Phi) is 2.49. The van der Waals surface area contributed by atoms with E-state index in [4.69, 9.17) is 5.26 Å². The molecule has 0 aliphatic rings. The number of aryl methyl sites for hydroxylation is 1. The average Bonchev–Trinajstić information content (AvgIpc) is 2.62. The van der Waals surface area contributed by atoms with Gasteiger partial charge in [0.2, 0.25) is 0 Å². The minimum Gasteiger partial charge on any atom is -0.192 e. The Hall–Kier alpha value is -0.980. The number of nitrogens with zero attached hydrogens (tertiary/aromatic N) is 1. The van der Waals surface area contributed by atoms with E-state index in [1.807, 2.05) is 13.2 Å². The molecule has 0 saturated carbocycles. The molecule has 0 amide bonds. The summed E-state index contributed by atoms with van der Waals surface area (Å²) in [7, 11) is 0. The first-order chi connectivity index (χ1) is 6.77. The van der Waals surface area contributed by atoms with E-state index in [1.165, 1.54) is 10.1 Å². The van der Waals surface area contributed by atoms with E-state index < -0.39 is 0 Å². The van der Waals surface area contributed by atoms with E-state index in [2.05, 4.69) is 23.6 Å². The second-order valence-electron chi connectivity index (χ2n) is 3.05. The topological polar surface area (TPSA) is 23.8 Å². The molecule has 0 aliphatic heterocycles. The van der Waals surface area contributed by atoms with Crippen molar-refractivity contribution < 1.29 is 0 Å². The van der Waals surface area contributed by atoms with Crippen molar-refractivity contribution in [3.63, 3.8) is 0 Å². The van der Waals surface area contributed by atoms with Crippen LogP contribution in [0.4, 0.5) is 0 Å². The SMILES string of the molecule is CSc1c(C#N)c(C)cc2sccc12. The molecule has 0 saturated heterocycles. The minimum atomic E-state index is 0.823. The van der Waals surface area contributed by atoms with Crippen molar-refractivity contribution in [1.82, 2.24) is 0 Å². The molecule has 3 heteroatoms. The molecule has 0 aliphatic carbocycles. The van der Waals surface area contributed by atoms with Crippen LogP contribution in [0.15, 0.2) is 22.4 Å². The first-order valence-corrected chi connectivity index (χ1v) is 6.33. The lowest BCUT2D eigenvalue weighted by molar-refractivity contribution is 1.34. The van der Waals surface area contributed by atoms with Crippen molar-refractivity contribution in [2.45, 2.75) is 11.8 Å². The lowest BCUT2D eigenvalue weighted by Gasteiger charge is -2.05. The zero-order valence-corrected chi connectivity index (χ0v) is 9.63. The smallest absolute Gasteiger partial charge is 0.101 e. The van der Waals surface area contributed by atoms with Gasteiger partial charge >= 0.3 is 0 Å². The van der Waals surface area contributed by atoms with Crippen LogP contribution in [0.3, 0.4) is 0 Å². The second-order valence-corrected chi connectivity index (χ2v) is 4.81. The molecule has 0 bridgehead atoms. The predicted octanol–water partition coefficient (Wildman–Crippen LogP) is 3.80. The number of hydrogen-bond donors (Lipinski definition) is 0. The third kappa shape index (κ3) is 1.31. The fraction of sp³-hybridized carbons (Fsp3) is 0.182. The third-order valence-corrected chi connectivity index (χ3v) is 3.92. The van der Waals surface area contributed by atoms with Crippen molar-refractivity contribution in [2.75, 3.05) is 6.26 Å². The van der Waals surface area contributed by atoms with Gasteiger partial charge in [-0.2, -0.15) is 5.26 Å². The summed E-state index contributed by atoms with van der Waals surface area (Å²) in [5.74, 6) is 0. The van der Waals surface area contributed by atoms with E-state index in [1.54, 1.807) is 23.1 Å². The summed E-state index contributed by atoms with van der Waals surface area (Å²) in [4.78, 5) is 1.11. The summed E-state index contributed by atoms with van der Waals surface area (Å²) < 4.78 is 1.27. The zero-order chi connectivity index (χ0) is 10.1. The highest BCUT2D eigenvalue weighted by Crippen LogP contribution is 2.34. The van der Waals surface area contributed by atoms with E-state index in [9.17, 15) is 0 Å². The van der Waals surface area contributed by atoms with Crippen LogP contribution in [0.1, 0.15) is 11.1 Å². The van der Waals surface area contributed by atoms with Gasteiger partial charge in [0.05, 0.1) is 5.56 Å². The quantitative estimate of drug-likeness (QED) is 0.681. The van der Waals surface area contributed by atoms with Crippen LogP contribution >= 0.6 is 23.1 Å². The Balaban J connectivity index is 2.91. The maximum absolute atomic E-state index is 9.07. The van der Waals surface area contributed by atoms with Gasteiger partial charge in [-0.05, 0) is 36.3 Å². The van der Waals surface area contributed by atoms with Crippen LogP contribution in [0.2, 0.25) is 0 Å². The predicted molar refractivity (Wildman–Crippen MR) is 63.1 cm³/mol. The fourth-order valence-electron chi connectivity index (χ4n) is 1.55. The molecule has 70 valence electrons. The van der Waals surface area contributed by atoms with Crippen LogP contribution < -0.4 is 0 Å². The molecule has 0 atom stereocenters. The molecule has 1 aromatic carbocycles. The monoisotopic (exact) mass is 219 g/mol. The highest BCUT2D eigenvalue weighted by atomic mass is 32.2. The second kappa shape index (κ2) is 3.64. The van der Waals surface area contributed by atoms with Crippen LogP contribution in [0, 0.1) is 18.3 Å². The molecule has 1 heterocycles. The van der Waals surface area contributed by atoms with E-state index in [0.717, 1.165) is 16.0 Å². The molecule has 0 unspecified atom stereocenters. The molecule has 1 nitrogen and oxygen atoms in total. The Morgan fingerprint density at radius 1 is 1.50 bits per heavy atom. The van der Waals surface area contributed by atoms with Crippen LogP contribution in [0.25, 0.3) is 10.1 Å². The molecule has 14 heavy (non-hydrogen) atoms. The summed E-state index contributed by atoms with van der Waals surface area (Å²) in [5, 5.41) is 12.4. The van der Waals surface area contributed by atoms with Gasteiger partial charge in [0.25, 0.3) is 0 Å². The molecule has 1 aromatic heterocycles. The van der Waals surface area contributed by atoms with Crippen molar-refractivity contribution in [2.24, 2.45) is 0 Å². The zero-order valence-electron chi connectivity index (χ0n) is 8.00. The number of fused-ring (bicyclic) bond motifs is 1. The Labute approximate surface area is 91.4 Å². The first kappa shape index (κ1) is 9.57. The summed E-state index contributed by atoms with van der Waals surface area (Å²) in [6, 6.07) is 6.47. The molecule has 2 aromatic rings. The normalized spacial score (nSPS) is 10.4. The summed E-state index contributed by atoms with van der Waals surface area (Å²) >= 11 is 3.38. The molecule has 0 spiro atoms. The molecular weight excluding hydrogens is 210 g/mol. The van der Waals surface area contributed by atoms with Gasteiger partial charge in [0.1, 0.15) is 6.07 Å². The molecule has 2 rings (SSSR count). The van der Waals surface area contributed by atoms with Gasteiger partial charge in [-0.15, -0.1) is 23.1 Å². The number of hydrogen-bond acceptors (Lipinski definition) is 3. The molecule has 0 fully saturated rings. The first-order valence-electron chi connectivity index (χ1n) is 4.23. The lowest BCUT2D eigenvalue weighted by atomic mass is 10.1. The molecule has 0 radical (unpaired) electrons. The summed E-state index contributed by atoms with van der Waals surface area (Å²) in [5.41, 5.74) is 1.90. The van der Waals surface area contributed by atoms with Gasteiger partial charge < -0.3 is 0 Å². The van der Waals surface area contributed by atoms with Crippen molar-refractivity contribution in [3.05, 3.63) is 28.6 Å². The van der Waals surface area contributed by atoms with Gasteiger partial charge in [-0.1, -0.05) is 0 Å². The maximum Gasteiger partial charge on any atom is 0.101 e. The third-order valence-electron chi connectivity index (χ3n) is 2.22. The minimum absolute atomic E-state index is 0.823. The van der Waals surface area contributed by atoms with Gasteiger partial charge in [0, 0.05) is 15.0 Å². The van der Waals surface area contributed by atoms with Gasteiger partial charge in [-0.3, -0.25) is 0 Å². The maximum atomic E-state index is 9.07. The van der Waals surface area contributed by atoms with Crippen LogP contribution in [-0.2, 0) is 0 Å². The van der Waals surface area contributed by atoms with Gasteiger partial charge in [0.15, 0.2) is 0 Å². The Morgan fingerprint density at radius 3 is 2.93 bits per heavy atom. The number of thiophene rings is 1. The van der Waals surface area contributed by atoms with E-state index in [0.29, 0.717) is 0 Å². The van der Waals surface area contributed by atoms with Crippen LogP contribution in [-0.4, -0.2) is 6.26 Å². The number of rotatable bonds is 1. The number of benzene rings is 1. The van der Waals surface area contributed by atoms with Gasteiger partial charge in [-0.25, -0.2) is 0 Å². The average molecular weight is 219 g/mol.